The Balaban J connectivity index is 2.44. The van der Waals surface area contributed by atoms with Crippen molar-refractivity contribution in [3.05, 3.63) is 11.6 Å². The van der Waals surface area contributed by atoms with E-state index in [0.29, 0.717) is 0 Å². The van der Waals surface area contributed by atoms with Gasteiger partial charge in [0.15, 0.2) is 0 Å². The monoisotopic (exact) mass is 202 g/mol. The molecule has 1 heterocycles. The Kier molecular flexibility index (Phi) is 4.23. The molecule has 0 atom stereocenters. The summed E-state index contributed by atoms with van der Waals surface area (Å²) in [7, 11) is 0. The van der Waals surface area contributed by atoms with Crippen LogP contribution in [-0.2, 0) is 0 Å². The van der Waals surface area contributed by atoms with Crippen molar-refractivity contribution in [2.45, 2.75) is 25.8 Å². The Morgan fingerprint density at radius 1 is 1.54 bits per heavy atom. The smallest absolute Gasteiger partial charge is 0.0252 e. The van der Waals surface area contributed by atoms with E-state index in [1.807, 2.05) is 6.08 Å². The lowest BCUT2D eigenvalue weighted by atomic mass is 10.1. The van der Waals surface area contributed by atoms with E-state index in [0.717, 1.165) is 26.2 Å². The third kappa shape index (κ3) is 4.12. The average molecular weight is 203 g/mol. The first-order valence-corrected chi connectivity index (χ1v) is 5.30. The van der Waals surface area contributed by atoms with Crippen LogP contribution in [0.25, 0.3) is 0 Å². The topological polar surface area (TPSA) is 15.3 Å². The molecule has 0 amide bonds. The van der Waals surface area contributed by atoms with Crippen LogP contribution in [0, 0.1) is 0 Å². The molecular weight excluding hydrogens is 184 g/mol. The molecule has 0 aromatic carbocycles. The Hall–Kier alpha value is -0.0500. The normalized spacial score (nSPS) is 24.8. The molecule has 1 N–H and O–H groups in total. The molecule has 0 bridgehead atoms. The summed E-state index contributed by atoms with van der Waals surface area (Å²) in [6.45, 7) is 8.83. The summed E-state index contributed by atoms with van der Waals surface area (Å²) < 4.78 is 0. The standard InChI is InChI=1S/C10H19ClN2/c1-10(2)9-13(7-3-5-11)8-4-6-12-10/h3,5,12H,4,6-9H2,1-2H3/b5-3+. The number of hydrogen-bond acceptors (Lipinski definition) is 2. The van der Waals surface area contributed by atoms with Crippen molar-refractivity contribution in [3.63, 3.8) is 0 Å². The Morgan fingerprint density at radius 2 is 2.31 bits per heavy atom. The zero-order valence-corrected chi connectivity index (χ0v) is 9.27. The summed E-state index contributed by atoms with van der Waals surface area (Å²) in [4.78, 5) is 2.43. The molecule has 1 aliphatic rings. The first kappa shape index (κ1) is 11.0. The maximum absolute atomic E-state index is 5.51. The van der Waals surface area contributed by atoms with E-state index in [4.69, 9.17) is 11.6 Å². The highest BCUT2D eigenvalue weighted by atomic mass is 35.5. The van der Waals surface area contributed by atoms with E-state index in [9.17, 15) is 0 Å². The fourth-order valence-electron chi connectivity index (χ4n) is 1.77. The third-order valence-corrected chi connectivity index (χ3v) is 2.50. The van der Waals surface area contributed by atoms with E-state index in [2.05, 4.69) is 24.1 Å². The van der Waals surface area contributed by atoms with Crippen LogP contribution in [0.2, 0.25) is 0 Å². The van der Waals surface area contributed by atoms with Gasteiger partial charge in [-0.25, -0.2) is 0 Å². The highest BCUT2D eigenvalue weighted by Crippen LogP contribution is 2.09. The van der Waals surface area contributed by atoms with Crippen LogP contribution in [0.4, 0.5) is 0 Å². The molecule has 76 valence electrons. The van der Waals surface area contributed by atoms with Crippen molar-refractivity contribution >= 4 is 11.6 Å². The average Bonchev–Trinajstić information content (AvgIpc) is 2.22. The van der Waals surface area contributed by atoms with Gasteiger partial charge < -0.3 is 5.32 Å². The summed E-state index contributed by atoms with van der Waals surface area (Å²) in [5.41, 5.74) is 1.84. The van der Waals surface area contributed by atoms with E-state index >= 15 is 0 Å². The zero-order valence-electron chi connectivity index (χ0n) is 8.52. The van der Waals surface area contributed by atoms with Crippen molar-refractivity contribution in [1.29, 1.82) is 0 Å². The van der Waals surface area contributed by atoms with E-state index in [-0.39, 0.29) is 5.54 Å². The minimum atomic E-state index is 0.233. The molecule has 13 heavy (non-hydrogen) atoms. The van der Waals surface area contributed by atoms with Gasteiger partial charge in [0.2, 0.25) is 0 Å². The highest BCUT2D eigenvalue weighted by Gasteiger charge is 2.22. The van der Waals surface area contributed by atoms with Gasteiger partial charge in [0, 0.05) is 24.2 Å². The molecule has 0 aromatic heterocycles. The second-order valence-electron chi connectivity index (χ2n) is 4.26. The number of nitrogens with one attached hydrogen (secondary N) is 1. The molecule has 0 radical (unpaired) electrons. The van der Waals surface area contributed by atoms with Crippen LogP contribution in [0.15, 0.2) is 11.6 Å². The highest BCUT2D eigenvalue weighted by molar-refractivity contribution is 6.25. The van der Waals surface area contributed by atoms with Crippen molar-refractivity contribution in [3.8, 4) is 0 Å². The van der Waals surface area contributed by atoms with Crippen LogP contribution in [0.1, 0.15) is 20.3 Å². The lowest BCUT2D eigenvalue weighted by Crippen LogP contribution is -2.46. The lowest BCUT2D eigenvalue weighted by molar-refractivity contribution is 0.251. The predicted octanol–water partition coefficient (Wildman–Crippen LogP) is 1.81. The molecule has 0 saturated carbocycles. The van der Waals surface area contributed by atoms with Gasteiger partial charge in [0.25, 0.3) is 0 Å². The van der Waals surface area contributed by atoms with Gasteiger partial charge in [0.1, 0.15) is 0 Å². The molecule has 0 spiro atoms. The Bertz CT molecular complexity index is 178. The van der Waals surface area contributed by atoms with Crippen LogP contribution in [0.5, 0.6) is 0 Å². The maximum atomic E-state index is 5.51. The van der Waals surface area contributed by atoms with Gasteiger partial charge in [-0.15, -0.1) is 0 Å². The molecular formula is C10H19ClN2. The summed E-state index contributed by atoms with van der Waals surface area (Å²) in [6.07, 6.45) is 3.22. The molecule has 2 nitrogen and oxygen atoms in total. The van der Waals surface area contributed by atoms with Gasteiger partial charge in [-0.1, -0.05) is 17.7 Å². The third-order valence-electron chi connectivity index (χ3n) is 2.33. The van der Waals surface area contributed by atoms with Gasteiger partial charge >= 0.3 is 0 Å². The van der Waals surface area contributed by atoms with Crippen LogP contribution in [-0.4, -0.2) is 36.6 Å². The van der Waals surface area contributed by atoms with Crippen molar-refractivity contribution in [2.24, 2.45) is 0 Å². The van der Waals surface area contributed by atoms with Crippen molar-refractivity contribution in [1.82, 2.24) is 10.2 Å². The number of halogens is 1. The van der Waals surface area contributed by atoms with Crippen LogP contribution in [0.3, 0.4) is 0 Å². The molecule has 1 saturated heterocycles. The van der Waals surface area contributed by atoms with Crippen molar-refractivity contribution in [2.75, 3.05) is 26.2 Å². The van der Waals surface area contributed by atoms with Gasteiger partial charge in [-0.3, -0.25) is 4.90 Å². The molecule has 1 rings (SSSR count). The van der Waals surface area contributed by atoms with E-state index < -0.39 is 0 Å². The fraction of sp³-hybridized carbons (Fsp3) is 0.800. The number of nitrogens with zero attached hydrogens (tertiary/aromatic N) is 1. The Morgan fingerprint density at radius 3 is 3.00 bits per heavy atom. The van der Waals surface area contributed by atoms with Crippen molar-refractivity contribution < 1.29 is 0 Å². The van der Waals surface area contributed by atoms with Gasteiger partial charge in [-0.05, 0) is 33.4 Å². The maximum Gasteiger partial charge on any atom is 0.0252 e. The molecule has 3 heteroatoms. The van der Waals surface area contributed by atoms with E-state index in [1.165, 1.54) is 6.42 Å². The Labute approximate surface area is 85.9 Å². The SMILES string of the molecule is CC1(C)CN(C/C=C/Cl)CCCN1. The van der Waals surface area contributed by atoms with Crippen LogP contribution < -0.4 is 5.32 Å². The minimum Gasteiger partial charge on any atom is -0.310 e. The first-order chi connectivity index (χ1) is 6.14. The summed E-state index contributed by atoms with van der Waals surface area (Å²) >= 11 is 5.51. The quantitative estimate of drug-likeness (QED) is 0.735. The number of hydrogen-bond donors (Lipinski definition) is 1. The molecule has 1 fully saturated rings. The molecule has 0 aromatic rings. The number of rotatable bonds is 2. The molecule has 0 aliphatic carbocycles. The summed E-state index contributed by atoms with van der Waals surface area (Å²) in [6, 6.07) is 0. The fourth-order valence-corrected chi connectivity index (χ4v) is 1.85. The molecule has 1 aliphatic heterocycles. The zero-order chi connectivity index (χ0) is 9.73. The van der Waals surface area contributed by atoms with Crippen LogP contribution >= 0.6 is 11.6 Å². The second kappa shape index (κ2) is 4.99. The lowest BCUT2D eigenvalue weighted by Gasteiger charge is -2.29. The summed E-state index contributed by atoms with van der Waals surface area (Å²) in [5, 5.41) is 3.53. The second-order valence-corrected chi connectivity index (χ2v) is 4.51. The minimum absolute atomic E-state index is 0.233. The predicted molar refractivity (Wildman–Crippen MR) is 58.1 cm³/mol. The largest absolute Gasteiger partial charge is 0.310 e. The first-order valence-electron chi connectivity index (χ1n) is 4.87. The summed E-state index contributed by atoms with van der Waals surface area (Å²) in [5.74, 6) is 0. The van der Waals surface area contributed by atoms with E-state index in [1.54, 1.807) is 5.54 Å². The van der Waals surface area contributed by atoms with Gasteiger partial charge in [0.05, 0.1) is 0 Å². The van der Waals surface area contributed by atoms with Gasteiger partial charge in [-0.2, -0.15) is 0 Å². The molecule has 0 unspecified atom stereocenters.